The minimum atomic E-state index is 0.236. The Hall–Kier alpha value is -1.15. The van der Waals surface area contributed by atoms with Gasteiger partial charge in [0.1, 0.15) is 0 Å². The van der Waals surface area contributed by atoms with Gasteiger partial charge in [-0.25, -0.2) is 0 Å². The summed E-state index contributed by atoms with van der Waals surface area (Å²) in [5, 5.41) is 0. The van der Waals surface area contributed by atoms with E-state index in [0.29, 0.717) is 0 Å². The molecule has 1 heterocycles. The second-order valence-corrected chi connectivity index (χ2v) is 3.19. The van der Waals surface area contributed by atoms with Crippen LogP contribution in [0.5, 0.6) is 0 Å². The molecule has 1 aromatic heterocycles. The molecule has 2 heteroatoms. The first-order valence-electron chi connectivity index (χ1n) is 4.58. The van der Waals surface area contributed by atoms with E-state index in [9.17, 15) is 0 Å². The summed E-state index contributed by atoms with van der Waals surface area (Å²) >= 11 is 0. The summed E-state index contributed by atoms with van der Waals surface area (Å²) in [4.78, 5) is 3.96. The first kappa shape index (κ1) is 9.93. The number of hydrogen-bond donors (Lipinski definition) is 1. The van der Waals surface area contributed by atoms with Gasteiger partial charge in [-0.1, -0.05) is 6.08 Å². The number of nitrogens with two attached hydrogens (primary N) is 1. The fourth-order valence-electron chi connectivity index (χ4n) is 1.26. The van der Waals surface area contributed by atoms with E-state index in [-0.39, 0.29) is 6.04 Å². The fraction of sp³-hybridized carbons (Fsp3) is 0.364. The van der Waals surface area contributed by atoms with Crippen LogP contribution in [0.3, 0.4) is 0 Å². The Kier molecular flexibility index (Phi) is 4.19. The molecule has 0 amide bonds. The molecule has 70 valence electrons. The lowest BCUT2D eigenvalue weighted by Crippen LogP contribution is -2.22. The Balaban J connectivity index is 2.36. The molecule has 0 radical (unpaired) electrons. The highest BCUT2D eigenvalue weighted by molar-refractivity contribution is 5.11. The Morgan fingerprint density at radius 1 is 1.46 bits per heavy atom. The smallest absolute Gasteiger partial charge is 0.0270 e. The number of rotatable bonds is 5. The van der Waals surface area contributed by atoms with Crippen molar-refractivity contribution in [3.8, 4) is 0 Å². The molecule has 1 aromatic rings. The van der Waals surface area contributed by atoms with Gasteiger partial charge >= 0.3 is 0 Å². The van der Waals surface area contributed by atoms with Gasteiger partial charge in [0.2, 0.25) is 0 Å². The van der Waals surface area contributed by atoms with Crippen LogP contribution in [0.1, 0.15) is 18.4 Å². The first-order valence-corrected chi connectivity index (χ1v) is 4.58. The summed E-state index contributed by atoms with van der Waals surface area (Å²) in [7, 11) is 0. The van der Waals surface area contributed by atoms with Crippen LogP contribution in [0, 0.1) is 0 Å². The number of pyridine rings is 1. The quantitative estimate of drug-likeness (QED) is 0.696. The van der Waals surface area contributed by atoms with E-state index >= 15 is 0 Å². The topological polar surface area (TPSA) is 38.9 Å². The molecule has 0 aliphatic rings. The Labute approximate surface area is 79.5 Å². The van der Waals surface area contributed by atoms with E-state index in [0.717, 1.165) is 19.3 Å². The fourth-order valence-corrected chi connectivity index (χ4v) is 1.26. The summed E-state index contributed by atoms with van der Waals surface area (Å²) in [5.41, 5.74) is 7.18. The van der Waals surface area contributed by atoms with Gasteiger partial charge in [0.15, 0.2) is 0 Å². The van der Waals surface area contributed by atoms with Crippen LogP contribution in [0.4, 0.5) is 0 Å². The molecule has 1 unspecified atom stereocenters. The standard InChI is InChI=1S/C11H16N2/c1-2-3-4-11(12)9-10-5-7-13-8-6-10/h2,5-8,11H,1,3-4,9,12H2. The first-order chi connectivity index (χ1) is 6.33. The third-order valence-corrected chi connectivity index (χ3v) is 1.99. The number of aromatic nitrogens is 1. The van der Waals surface area contributed by atoms with Crippen LogP contribution in [-0.4, -0.2) is 11.0 Å². The molecule has 0 bridgehead atoms. The van der Waals surface area contributed by atoms with Gasteiger partial charge < -0.3 is 5.73 Å². The highest BCUT2D eigenvalue weighted by Crippen LogP contribution is 2.04. The molecule has 1 rings (SSSR count). The monoisotopic (exact) mass is 176 g/mol. The normalized spacial score (nSPS) is 12.4. The van der Waals surface area contributed by atoms with Gasteiger partial charge in [-0.05, 0) is 37.0 Å². The third-order valence-electron chi connectivity index (χ3n) is 1.99. The molecule has 0 fully saturated rings. The molecule has 0 aliphatic heterocycles. The molecule has 0 aliphatic carbocycles. The Morgan fingerprint density at radius 2 is 2.15 bits per heavy atom. The highest BCUT2D eigenvalue weighted by Gasteiger charge is 2.01. The zero-order valence-electron chi connectivity index (χ0n) is 7.82. The van der Waals surface area contributed by atoms with Crippen LogP contribution in [0.2, 0.25) is 0 Å². The summed E-state index contributed by atoms with van der Waals surface area (Å²) in [6.45, 7) is 3.67. The van der Waals surface area contributed by atoms with Crippen molar-refractivity contribution < 1.29 is 0 Å². The number of nitrogens with zero attached hydrogens (tertiary/aromatic N) is 1. The van der Waals surface area contributed by atoms with E-state index < -0.39 is 0 Å². The van der Waals surface area contributed by atoms with Crippen molar-refractivity contribution in [3.63, 3.8) is 0 Å². The van der Waals surface area contributed by atoms with E-state index in [1.807, 2.05) is 18.2 Å². The SMILES string of the molecule is C=CCCC(N)Cc1ccncc1. The summed E-state index contributed by atoms with van der Waals surface area (Å²) in [5.74, 6) is 0. The maximum absolute atomic E-state index is 5.92. The molecule has 2 nitrogen and oxygen atoms in total. The summed E-state index contributed by atoms with van der Waals surface area (Å²) in [6.07, 6.45) is 8.44. The van der Waals surface area contributed by atoms with E-state index in [2.05, 4.69) is 11.6 Å². The van der Waals surface area contributed by atoms with Crippen LogP contribution in [-0.2, 0) is 6.42 Å². The maximum Gasteiger partial charge on any atom is 0.0270 e. The molecular formula is C11H16N2. The van der Waals surface area contributed by atoms with Crippen LogP contribution in [0.15, 0.2) is 37.2 Å². The predicted molar refractivity (Wildman–Crippen MR) is 55.3 cm³/mol. The minimum absolute atomic E-state index is 0.236. The second-order valence-electron chi connectivity index (χ2n) is 3.19. The van der Waals surface area contributed by atoms with Gasteiger partial charge in [-0.3, -0.25) is 4.98 Å². The minimum Gasteiger partial charge on any atom is -0.327 e. The molecule has 1 atom stereocenters. The maximum atomic E-state index is 5.92. The average Bonchev–Trinajstić information content (AvgIpc) is 2.16. The molecule has 0 aromatic carbocycles. The highest BCUT2D eigenvalue weighted by atomic mass is 14.6. The van der Waals surface area contributed by atoms with E-state index in [1.165, 1.54) is 5.56 Å². The molecule has 0 saturated carbocycles. The average molecular weight is 176 g/mol. The summed E-state index contributed by atoms with van der Waals surface area (Å²) in [6, 6.07) is 4.25. The second kappa shape index (κ2) is 5.49. The Bertz CT molecular complexity index is 244. The molecular weight excluding hydrogens is 160 g/mol. The van der Waals surface area contributed by atoms with Crippen molar-refractivity contribution in [2.45, 2.75) is 25.3 Å². The van der Waals surface area contributed by atoms with Gasteiger partial charge in [0, 0.05) is 18.4 Å². The molecule has 0 saturated heterocycles. The zero-order chi connectivity index (χ0) is 9.52. The van der Waals surface area contributed by atoms with Crippen LogP contribution in [0.25, 0.3) is 0 Å². The van der Waals surface area contributed by atoms with Crippen molar-refractivity contribution >= 4 is 0 Å². The van der Waals surface area contributed by atoms with Gasteiger partial charge in [-0.15, -0.1) is 6.58 Å². The lowest BCUT2D eigenvalue weighted by Gasteiger charge is -2.09. The van der Waals surface area contributed by atoms with Crippen molar-refractivity contribution in [3.05, 3.63) is 42.7 Å². The molecule has 2 N–H and O–H groups in total. The zero-order valence-corrected chi connectivity index (χ0v) is 7.82. The predicted octanol–water partition coefficient (Wildman–Crippen LogP) is 1.92. The summed E-state index contributed by atoms with van der Waals surface area (Å²) < 4.78 is 0. The largest absolute Gasteiger partial charge is 0.327 e. The van der Waals surface area contributed by atoms with Crippen molar-refractivity contribution in [1.29, 1.82) is 0 Å². The third kappa shape index (κ3) is 3.85. The van der Waals surface area contributed by atoms with Gasteiger partial charge in [-0.2, -0.15) is 0 Å². The number of allylic oxidation sites excluding steroid dienone is 1. The van der Waals surface area contributed by atoms with E-state index in [4.69, 9.17) is 5.73 Å². The lowest BCUT2D eigenvalue weighted by atomic mass is 10.0. The van der Waals surface area contributed by atoms with Gasteiger partial charge in [0.25, 0.3) is 0 Å². The van der Waals surface area contributed by atoms with Crippen molar-refractivity contribution in [2.24, 2.45) is 5.73 Å². The lowest BCUT2D eigenvalue weighted by molar-refractivity contribution is 0.617. The van der Waals surface area contributed by atoms with Crippen molar-refractivity contribution in [1.82, 2.24) is 4.98 Å². The number of hydrogen-bond acceptors (Lipinski definition) is 2. The van der Waals surface area contributed by atoms with E-state index in [1.54, 1.807) is 12.4 Å². The van der Waals surface area contributed by atoms with Gasteiger partial charge in [0.05, 0.1) is 0 Å². The molecule has 13 heavy (non-hydrogen) atoms. The van der Waals surface area contributed by atoms with Crippen LogP contribution >= 0.6 is 0 Å². The van der Waals surface area contributed by atoms with Crippen LogP contribution < -0.4 is 5.73 Å². The molecule has 0 spiro atoms. The van der Waals surface area contributed by atoms with Crippen molar-refractivity contribution in [2.75, 3.05) is 0 Å². The Morgan fingerprint density at radius 3 is 2.77 bits per heavy atom.